The maximum atomic E-state index is 11.5. The third-order valence-electron chi connectivity index (χ3n) is 2.89. The molecule has 108 valence electrons. The van der Waals surface area contributed by atoms with Gasteiger partial charge in [0.2, 0.25) is 0 Å². The molecule has 5 heteroatoms. The Morgan fingerprint density at radius 2 is 1.57 bits per heavy atom. The van der Waals surface area contributed by atoms with Crippen LogP contribution in [-0.2, 0) is 4.79 Å². The Labute approximate surface area is 122 Å². The van der Waals surface area contributed by atoms with Crippen molar-refractivity contribution in [1.82, 2.24) is 5.32 Å². The topological polar surface area (TPSA) is 81.4 Å². The van der Waals surface area contributed by atoms with Crippen LogP contribution in [0.15, 0.2) is 54.6 Å². The molecule has 0 heterocycles. The highest BCUT2D eigenvalue weighted by atomic mass is 16.5. The lowest BCUT2D eigenvalue weighted by Crippen LogP contribution is -2.42. The molecule has 0 fully saturated rings. The normalized spacial score (nSPS) is 11.5. The number of urea groups is 1. The number of carbonyl (C=O) groups excluding carboxylic acids is 2. The predicted molar refractivity (Wildman–Crippen MR) is 79.7 cm³/mol. The molecule has 0 unspecified atom stereocenters. The van der Waals surface area contributed by atoms with Crippen LogP contribution in [0.2, 0.25) is 0 Å². The van der Waals surface area contributed by atoms with E-state index < -0.39 is 18.0 Å². The maximum Gasteiger partial charge on any atom is 0.318 e. The summed E-state index contributed by atoms with van der Waals surface area (Å²) in [6.07, 6.45) is -0.805. The number of nitrogens with one attached hydrogen (secondary N) is 1. The van der Waals surface area contributed by atoms with Crippen molar-refractivity contribution in [3.8, 4) is 16.9 Å². The number of primary amides is 1. The van der Waals surface area contributed by atoms with Gasteiger partial charge in [-0.15, -0.1) is 0 Å². The number of amides is 3. The zero-order valence-corrected chi connectivity index (χ0v) is 11.6. The van der Waals surface area contributed by atoms with E-state index in [1.165, 1.54) is 0 Å². The molecule has 5 nitrogen and oxygen atoms in total. The average Bonchev–Trinajstić information content (AvgIpc) is 2.48. The van der Waals surface area contributed by atoms with Gasteiger partial charge in [-0.3, -0.25) is 10.1 Å². The first-order valence-corrected chi connectivity index (χ1v) is 6.48. The molecule has 0 aliphatic rings. The molecule has 0 spiro atoms. The number of benzene rings is 2. The van der Waals surface area contributed by atoms with Crippen LogP contribution >= 0.6 is 0 Å². The molecule has 2 rings (SSSR count). The lowest BCUT2D eigenvalue weighted by atomic mass is 10.1. The fourth-order valence-electron chi connectivity index (χ4n) is 1.84. The molecule has 2 aromatic rings. The van der Waals surface area contributed by atoms with Crippen LogP contribution in [0.25, 0.3) is 11.1 Å². The van der Waals surface area contributed by atoms with Gasteiger partial charge in [0.25, 0.3) is 5.91 Å². The highest BCUT2D eigenvalue weighted by Crippen LogP contribution is 2.22. The lowest BCUT2D eigenvalue weighted by Gasteiger charge is -2.13. The van der Waals surface area contributed by atoms with Crippen LogP contribution in [-0.4, -0.2) is 18.0 Å². The molecular weight excluding hydrogens is 268 g/mol. The highest BCUT2D eigenvalue weighted by molar-refractivity contribution is 5.95. The summed E-state index contributed by atoms with van der Waals surface area (Å²) in [4.78, 5) is 22.1. The lowest BCUT2D eigenvalue weighted by molar-refractivity contribution is -0.126. The van der Waals surface area contributed by atoms with E-state index >= 15 is 0 Å². The minimum absolute atomic E-state index is 0.543. The third-order valence-corrected chi connectivity index (χ3v) is 2.89. The van der Waals surface area contributed by atoms with Crippen molar-refractivity contribution in [3.63, 3.8) is 0 Å². The van der Waals surface area contributed by atoms with Crippen molar-refractivity contribution in [3.05, 3.63) is 54.6 Å². The summed E-state index contributed by atoms with van der Waals surface area (Å²) >= 11 is 0. The van der Waals surface area contributed by atoms with Crippen molar-refractivity contribution in [2.45, 2.75) is 13.0 Å². The second-order valence-electron chi connectivity index (χ2n) is 4.50. The zero-order chi connectivity index (χ0) is 15.2. The summed E-state index contributed by atoms with van der Waals surface area (Å²) in [5.74, 6) is -0.0311. The van der Waals surface area contributed by atoms with Gasteiger partial charge in [-0.1, -0.05) is 42.5 Å². The zero-order valence-electron chi connectivity index (χ0n) is 11.6. The van der Waals surface area contributed by atoms with Gasteiger partial charge in [-0.2, -0.15) is 0 Å². The van der Waals surface area contributed by atoms with E-state index in [2.05, 4.69) is 0 Å². The molecule has 2 aromatic carbocycles. The minimum atomic E-state index is -0.894. The number of nitrogens with two attached hydrogens (primary N) is 1. The Hall–Kier alpha value is -2.82. The quantitative estimate of drug-likeness (QED) is 0.904. The van der Waals surface area contributed by atoms with Crippen LogP contribution in [0.3, 0.4) is 0 Å². The molecule has 21 heavy (non-hydrogen) atoms. The second-order valence-corrected chi connectivity index (χ2v) is 4.50. The van der Waals surface area contributed by atoms with Crippen molar-refractivity contribution >= 4 is 11.9 Å². The Balaban J connectivity index is 2.03. The monoisotopic (exact) mass is 284 g/mol. The van der Waals surface area contributed by atoms with Crippen LogP contribution in [0.1, 0.15) is 6.92 Å². The molecular formula is C16H16N2O3. The molecule has 0 radical (unpaired) electrons. The number of imide groups is 1. The summed E-state index contributed by atoms with van der Waals surface area (Å²) in [5, 5.41) is 1.97. The molecule has 0 saturated heterocycles. The van der Waals surface area contributed by atoms with Gasteiger partial charge >= 0.3 is 6.03 Å². The molecule has 0 aromatic heterocycles. The summed E-state index contributed by atoms with van der Waals surface area (Å²) in [7, 11) is 0. The number of hydrogen-bond donors (Lipinski definition) is 2. The fraction of sp³-hybridized carbons (Fsp3) is 0.125. The van der Waals surface area contributed by atoms with Gasteiger partial charge in [0.05, 0.1) is 0 Å². The number of hydrogen-bond acceptors (Lipinski definition) is 3. The second kappa shape index (κ2) is 6.56. The number of rotatable bonds is 4. The van der Waals surface area contributed by atoms with Gasteiger partial charge in [-0.25, -0.2) is 4.79 Å². The largest absolute Gasteiger partial charge is 0.481 e. The van der Waals surface area contributed by atoms with Gasteiger partial charge in [0.1, 0.15) is 5.75 Å². The van der Waals surface area contributed by atoms with E-state index in [4.69, 9.17) is 10.5 Å². The molecule has 0 aliphatic carbocycles. The summed E-state index contributed by atoms with van der Waals surface area (Å²) in [6.45, 7) is 1.55. The predicted octanol–water partition coefficient (Wildman–Crippen LogP) is 2.32. The molecule has 3 N–H and O–H groups in total. The SMILES string of the molecule is C[C@H](Oc1ccc(-c2ccccc2)cc1)C(=O)NC(N)=O. The van der Waals surface area contributed by atoms with Crippen LogP contribution < -0.4 is 15.8 Å². The van der Waals surface area contributed by atoms with Gasteiger partial charge in [-0.05, 0) is 30.2 Å². The Morgan fingerprint density at radius 1 is 1.00 bits per heavy atom. The molecule has 0 bridgehead atoms. The summed E-state index contributed by atoms with van der Waals surface area (Å²) < 4.78 is 5.45. The van der Waals surface area contributed by atoms with Crippen LogP contribution in [0.4, 0.5) is 4.79 Å². The number of ether oxygens (including phenoxy) is 1. The fourth-order valence-corrected chi connectivity index (χ4v) is 1.84. The Kier molecular flexibility index (Phi) is 4.56. The number of carbonyl (C=O) groups is 2. The van der Waals surface area contributed by atoms with Gasteiger partial charge < -0.3 is 10.5 Å². The molecule has 1 atom stereocenters. The van der Waals surface area contributed by atoms with E-state index in [0.29, 0.717) is 5.75 Å². The van der Waals surface area contributed by atoms with Crippen molar-refractivity contribution in [2.24, 2.45) is 5.73 Å². The Bertz CT molecular complexity index is 624. The van der Waals surface area contributed by atoms with Crippen molar-refractivity contribution < 1.29 is 14.3 Å². The molecule has 0 aliphatic heterocycles. The first-order valence-electron chi connectivity index (χ1n) is 6.48. The van der Waals surface area contributed by atoms with Crippen LogP contribution in [0.5, 0.6) is 5.75 Å². The van der Waals surface area contributed by atoms with Crippen LogP contribution in [0, 0.1) is 0 Å². The Morgan fingerprint density at radius 3 is 2.14 bits per heavy atom. The van der Waals surface area contributed by atoms with E-state index in [1.807, 2.05) is 47.8 Å². The molecule has 0 saturated carbocycles. The van der Waals surface area contributed by atoms with E-state index in [1.54, 1.807) is 19.1 Å². The maximum absolute atomic E-state index is 11.5. The summed E-state index contributed by atoms with van der Waals surface area (Å²) in [5.41, 5.74) is 7.04. The smallest absolute Gasteiger partial charge is 0.318 e. The minimum Gasteiger partial charge on any atom is -0.481 e. The van der Waals surface area contributed by atoms with Crippen molar-refractivity contribution in [2.75, 3.05) is 0 Å². The van der Waals surface area contributed by atoms with Gasteiger partial charge in [0.15, 0.2) is 6.10 Å². The third kappa shape index (κ3) is 4.07. The first kappa shape index (κ1) is 14.6. The van der Waals surface area contributed by atoms with E-state index in [0.717, 1.165) is 11.1 Å². The average molecular weight is 284 g/mol. The first-order chi connectivity index (χ1) is 10.1. The highest BCUT2D eigenvalue weighted by Gasteiger charge is 2.15. The molecule has 3 amide bonds. The van der Waals surface area contributed by atoms with Crippen molar-refractivity contribution in [1.29, 1.82) is 0 Å². The van der Waals surface area contributed by atoms with Gasteiger partial charge in [0, 0.05) is 0 Å². The van der Waals surface area contributed by atoms with E-state index in [9.17, 15) is 9.59 Å². The standard InChI is InChI=1S/C16H16N2O3/c1-11(15(19)18-16(17)20)21-14-9-7-13(8-10-14)12-5-3-2-4-6-12/h2-11H,1H3,(H3,17,18,19,20)/t11-/m0/s1. The van der Waals surface area contributed by atoms with E-state index in [-0.39, 0.29) is 0 Å². The summed E-state index contributed by atoms with van der Waals surface area (Å²) in [6, 6.07) is 16.4.